The van der Waals surface area contributed by atoms with E-state index in [9.17, 15) is 0 Å². The Bertz CT molecular complexity index is 296. The minimum absolute atomic E-state index is 0.397. The van der Waals surface area contributed by atoms with Crippen LogP contribution in [-0.4, -0.2) is 38.5 Å². The van der Waals surface area contributed by atoms with Crippen LogP contribution in [0, 0.1) is 0 Å². The SMILES string of the molecule is COCCOCCOc1ncccc1CCl. The quantitative estimate of drug-likeness (QED) is 0.518. The third-order valence-electron chi connectivity index (χ3n) is 1.89. The monoisotopic (exact) mass is 245 g/mol. The fourth-order valence-electron chi connectivity index (χ4n) is 1.10. The van der Waals surface area contributed by atoms with Crippen molar-refractivity contribution in [1.29, 1.82) is 0 Å². The van der Waals surface area contributed by atoms with Crippen molar-refractivity contribution < 1.29 is 14.2 Å². The molecule has 1 heterocycles. The number of hydrogen-bond donors (Lipinski definition) is 0. The smallest absolute Gasteiger partial charge is 0.217 e. The predicted octanol–water partition coefficient (Wildman–Crippen LogP) is 1.86. The van der Waals surface area contributed by atoms with Crippen molar-refractivity contribution in [3.05, 3.63) is 23.9 Å². The van der Waals surface area contributed by atoms with Gasteiger partial charge in [0.05, 0.1) is 25.7 Å². The van der Waals surface area contributed by atoms with E-state index in [0.29, 0.717) is 38.2 Å². The molecule has 0 aromatic carbocycles. The summed E-state index contributed by atoms with van der Waals surface area (Å²) in [5, 5.41) is 0. The van der Waals surface area contributed by atoms with E-state index in [2.05, 4.69) is 4.98 Å². The van der Waals surface area contributed by atoms with Gasteiger partial charge in [0, 0.05) is 18.9 Å². The normalized spacial score (nSPS) is 10.4. The zero-order chi connectivity index (χ0) is 11.6. The van der Waals surface area contributed by atoms with Crippen LogP contribution in [0.5, 0.6) is 5.88 Å². The lowest BCUT2D eigenvalue weighted by molar-refractivity contribution is 0.0535. The molecule has 4 nitrogen and oxygen atoms in total. The van der Waals surface area contributed by atoms with E-state index in [1.165, 1.54) is 0 Å². The van der Waals surface area contributed by atoms with Crippen LogP contribution in [0.4, 0.5) is 0 Å². The lowest BCUT2D eigenvalue weighted by Gasteiger charge is -2.08. The van der Waals surface area contributed by atoms with Gasteiger partial charge in [-0.1, -0.05) is 6.07 Å². The first-order valence-electron chi connectivity index (χ1n) is 5.08. The van der Waals surface area contributed by atoms with Gasteiger partial charge in [0.25, 0.3) is 0 Å². The van der Waals surface area contributed by atoms with Crippen LogP contribution in [-0.2, 0) is 15.4 Å². The van der Waals surface area contributed by atoms with E-state index in [4.69, 9.17) is 25.8 Å². The lowest BCUT2D eigenvalue weighted by Crippen LogP contribution is -2.11. The van der Waals surface area contributed by atoms with E-state index in [1.54, 1.807) is 13.3 Å². The van der Waals surface area contributed by atoms with E-state index >= 15 is 0 Å². The van der Waals surface area contributed by atoms with Crippen LogP contribution in [0.25, 0.3) is 0 Å². The van der Waals surface area contributed by atoms with Crippen LogP contribution in [0.1, 0.15) is 5.56 Å². The Labute approximate surface area is 100 Å². The maximum Gasteiger partial charge on any atom is 0.217 e. The highest BCUT2D eigenvalue weighted by Crippen LogP contribution is 2.15. The average Bonchev–Trinajstić information content (AvgIpc) is 2.34. The van der Waals surface area contributed by atoms with Crippen molar-refractivity contribution in [3.63, 3.8) is 0 Å². The number of rotatable bonds is 8. The van der Waals surface area contributed by atoms with Gasteiger partial charge in [0.1, 0.15) is 6.61 Å². The summed E-state index contributed by atoms with van der Waals surface area (Å²) in [7, 11) is 1.64. The highest BCUT2D eigenvalue weighted by molar-refractivity contribution is 6.17. The van der Waals surface area contributed by atoms with Gasteiger partial charge < -0.3 is 14.2 Å². The summed E-state index contributed by atoms with van der Waals surface area (Å²) in [6.07, 6.45) is 1.68. The molecule has 0 unspecified atom stereocenters. The summed E-state index contributed by atoms with van der Waals surface area (Å²) < 4.78 is 15.6. The molecule has 0 bridgehead atoms. The Hall–Kier alpha value is -0.840. The third-order valence-corrected chi connectivity index (χ3v) is 2.18. The second-order valence-electron chi connectivity index (χ2n) is 3.05. The van der Waals surface area contributed by atoms with Crippen molar-refractivity contribution in [2.24, 2.45) is 0 Å². The Kier molecular flexibility index (Phi) is 6.88. The first kappa shape index (κ1) is 13.2. The molecule has 0 saturated heterocycles. The zero-order valence-corrected chi connectivity index (χ0v) is 10.1. The van der Waals surface area contributed by atoms with E-state index in [1.807, 2.05) is 12.1 Å². The van der Waals surface area contributed by atoms with Gasteiger partial charge in [-0.15, -0.1) is 11.6 Å². The molecule has 0 spiro atoms. The zero-order valence-electron chi connectivity index (χ0n) is 9.32. The molecule has 0 aliphatic carbocycles. The molecular weight excluding hydrogens is 230 g/mol. The third kappa shape index (κ3) is 4.79. The van der Waals surface area contributed by atoms with Crippen LogP contribution in [0.2, 0.25) is 0 Å². The number of pyridine rings is 1. The predicted molar refractivity (Wildman–Crippen MR) is 62.0 cm³/mol. The molecule has 0 aliphatic rings. The molecule has 0 radical (unpaired) electrons. The largest absolute Gasteiger partial charge is 0.475 e. The van der Waals surface area contributed by atoms with Crippen LogP contribution in [0.15, 0.2) is 18.3 Å². The maximum absolute atomic E-state index is 5.75. The van der Waals surface area contributed by atoms with Crippen molar-refractivity contribution in [3.8, 4) is 5.88 Å². The molecule has 1 rings (SSSR count). The van der Waals surface area contributed by atoms with Gasteiger partial charge in [0.15, 0.2) is 0 Å². The fourth-order valence-corrected chi connectivity index (χ4v) is 1.30. The van der Waals surface area contributed by atoms with Crippen molar-refractivity contribution in [2.75, 3.05) is 33.5 Å². The van der Waals surface area contributed by atoms with Crippen molar-refractivity contribution in [1.82, 2.24) is 4.98 Å². The number of halogens is 1. The standard InChI is InChI=1S/C11H16ClNO3/c1-14-5-6-15-7-8-16-11-10(9-12)3-2-4-13-11/h2-4H,5-9H2,1H3. The number of hydrogen-bond acceptors (Lipinski definition) is 4. The molecule has 0 saturated carbocycles. The van der Waals surface area contributed by atoms with Gasteiger partial charge in [-0.2, -0.15) is 0 Å². The molecular formula is C11H16ClNO3. The van der Waals surface area contributed by atoms with Crippen LogP contribution < -0.4 is 4.74 Å². The van der Waals surface area contributed by atoms with Gasteiger partial charge in [-0.25, -0.2) is 4.98 Å². The number of aromatic nitrogens is 1. The molecule has 1 aromatic heterocycles. The van der Waals surface area contributed by atoms with Crippen molar-refractivity contribution >= 4 is 11.6 Å². The minimum Gasteiger partial charge on any atom is -0.475 e. The van der Waals surface area contributed by atoms with E-state index in [0.717, 1.165) is 5.56 Å². The summed E-state index contributed by atoms with van der Waals surface area (Å²) in [6.45, 7) is 2.15. The lowest BCUT2D eigenvalue weighted by atomic mass is 10.3. The molecule has 1 aromatic rings. The number of alkyl halides is 1. The van der Waals surface area contributed by atoms with Crippen molar-refractivity contribution in [2.45, 2.75) is 5.88 Å². The Morgan fingerprint density at radius 3 is 2.81 bits per heavy atom. The molecule has 0 fully saturated rings. The van der Waals surface area contributed by atoms with Crippen LogP contribution in [0.3, 0.4) is 0 Å². The molecule has 0 N–H and O–H groups in total. The number of nitrogens with zero attached hydrogens (tertiary/aromatic N) is 1. The Balaban J connectivity index is 2.21. The molecule has 0 atom stereocenters. The molecule has 90 valence electrons. The fraction of sp³-hybridized carbons (Fsp3) is 0.545. The van der Waals surface area contributed by atoms with Gasteiger partial charge in [-0.05, 0) is 6.07 Å². The summed E-state index contributed by atoms with van der Waals surface area (Å²) >= 11 is 5.75. The summed E-state index contributed by atoms with van der Waals surface area (Å²) in [5.74, 6) is 0.973. The maximum atomic E-state index is 5.75. The highest BCUT2D eigenvalue weighted by atomic mass is 35.5. The van der Waals surface area contributed by atoms with Crippen LogP contribution >= 0.6 is 11.6 Å². The molecule has 16 heavy (non-hydrogen) atoms. The molecule has 5 heteroatoms. The summed E-state index contributed by atoms with van der Waals surface area (Å²) in [5.41, 5.74) is 0.890. The first-order chi connectivity index (χ1) is 7.88. The van der Waals surface area contributed by atoms with Gasteiger partial charge >= 0.3 is 0 Å². The molecule has 0 amide bonds. The topological polar surface area (TPSA) is 40.6 Å². The average molecular weight is 246 g/mol. The summed E-state index contributed by atoms with van der Waals surface area (Å²) in [6, 6.07) is 3.72. The van der Waals surface area contributed by atoms with Gasteiger partial charge in [-0.3, -0.25) is 0 Å². The van der Waals surface area contributed by atoms with E-state index < -0.39 is 0 Å². The second-order valence-corrected chi connectivity index (χ2v) is 3.32. The first-order valence-corrected chi connectivity index (χ1v) is 5.61. The Morgan fingerprint density at radius 2 is 2.06 bits per heavy atom. The second kappa shape index (κ2) is 8.33. The van der Waals surface area contributed by atoms with E-state index in [-0.39, 0.29) is 0 Å². The minimum atomic E-state index is 0.397. The van der Waals surface area contributed by atoms with Gasteiger partial charge in [0.2, 0.25) is 5.88 Å². The summed E-state index contributed by atoms with van der Waals surface area (Å²) in [4.78, 5) is 4.10. The number of ether oxygens (including phenoxy) is 3. The molecule has 0 aliphatic heterocycles. The number of methoxy groups -OCH3 is 1. The Morgan fingerprint density at radius 1 is 1.25 bits per heavy atom. The highest BCUT2D eigenvalue weighted by Gasteiger charge is 2.02.